The smallest absolute Gasteiger partial charge is 0.462 e. The molecule has 0 unspecified atom stereocenters. The van der Waals surface area contributed by atoms with Crippen molar-refractivity contribution in [2.75, 3.05) is 32.8 Å². The summed E-state index contributed by atoms with van der Waals surface area (Å²) in [6.45, 7) is 4.65. The van der Waals surface area contributed by atoms with Gasteiger partial charge in [0.05, 0.1) is 13.2 Å². The average Bonchev–Trinajstić information content (AvgIpc) is 3.49. The molecule has 0 N–H and O–H groups in total. The molecule has 0 amide bonds. The monoisotopic (exact) mass is 607 g/mol. The van der Waals surface area contributed by atoms with E-state index in [9.17, 15) is 28.8 Å². The number of carbonyl (C=O) groups excluding carboxylic acids is 4. The maximum absolute atomic E-state index is 12.2. The van der Waals surface area contributed by atoms with Crippen LogP contribution in [0, 0.1) is 19.8 Å². The molecular weight excluding hydrogens is 574 g/mol. The lowest BCUT2D eigenvalue weighted by atomic mass is 10.1. The van der Waals surface area contributed by atoms with E-state index in [1.807, 2.05) is 0 Å². The molecule has 0 spiro atoms. The summed E-state index contributed by atoms with van der Waals surface area (Å²) in [4.78, 5) is 72.5. The van der Waals surface area contributed by atoms with Crippen LogP contribution in [0.3, 0.4) is 0 Å². The van der Waals surface area contributed by atoms with E-state index in [0.717, 1.165) is 50.2 Å². The van der Waals surface area contributed by atoms with Crippen LogP contribution in [0.5, 0.6) is 0 Å². The Hall–Kier alpha value is -4.66. The van der Waals surface area contributed by atoms with Gasteiger partial charge in [-0.15, -0.1) is 0 Å². The Kier molecular flexibility index (Phi) is 12.8. The lowest BCUT2D eigenvalue weighted by molar-refractivity contribution is -0.145. The lowest BCUT2D eigenvalue weighted by Crippen LogP contribution is -2.33. The van der Waals surface area contributed by atoms with Crippen molar-refractivity contribution in [2.24, 2.45) is 5.92 Å². The molecule has 0 aromatic carbocycles. The predicted molar refractivity (Wildman–Crippen MR) is 142 cm³/mol. The number of nitrogens with zero attached hydrogens (tertiary/aromatic N) is 1. The fourth-order valence-electron chi connectivity index (χ4n) is 3.91. The molecule has 234 valence electrons. The van der Waals surface area contributed by atoms with E-state index in [4.69, 9.17) is 27.8 Å². The van der Waals surface area contributed by atoms with Gasteiger partial charge in [0.25, 0.3) is 0 Å². The molecule has 2 aromatic rings. The van der Waals surface area contributed by atoms with Crippen LogP contribution in [0.1, 0.15) is 48.7 Å². The zero-order valence-electron chi connectivity index (χ0n) is 23.8. The van der Waals surface area contributed by atoms with E-state index in [0.29, 0.717) is 13.0 Å². The second-order valence-corrected chi connectivity index (χ2v) is 9.57. The van der Waals surface area contributed by atoms with Gasteiger partial charge in [-0.25, -0.2) is 28.8 Å². The molecule has 43 heavy (non-hydrogen) atoms. The highest BCUT2D eigenvalue weighted by molar-refractivity contribution is 5.92. The van der Waals surface area contributed by atoms with E-state index in [1.165, 1.54) is 20.3 Å². The van der Waals surface area contributed by atoms with Gasteiger partial charge in [-0.1, -0.05) is 6.42 Å². The molecule has 1 fully saturated rings. The summed E-state index contributed by atoms with van der Waals surface area (Å²) in [6.07, 6.45) is 7.42. The molecular formula is C28H33NO14. The molecule has 3 heterocycles. The van der Waals surface area contributed by atoms with Gasteiger partial charge in [-0.05, 0) is 52.7 Å². The summed E-state index contributed by atoms with van der Waals surface area (Å²) in [5.41, 5.74) is 0. The number of hydrogen-bond acceptors (Lipinski definition) is 15. The minimum atomic E-state index is -0.921. The van der Waals surface area contributed by atoms with Crippen LogP contribution in [0.25, 0.3) is 0 Å². The largest absolute Gasteiger partial charge is 0.519 e. The molecule has 15 nitrogen and oxygen atoms in total. The Morgan fingerprint density at radius 2 is 1.09 bits per heavy atom. The Balaban J connectivity index is 1.44. The molecule has 1 aliphatic heterocycles. The van der Waals surface area contributed by atoms with Crippen molar-refractivity contribution in [1.29, 1.82) is 0 Å². The minimum absolute atomic E-state index is 0.0476. The SMILES string of the molecule is Cc1oc(=O)oc1COC(=O)/C=C/C(=O)OCC(CCN1CCCCC1)COC(=O)/C=C/C(=O)OCc1oc(=O)oc1C. The van der Waals surface area contributed by atoms with Gasteiger partial charge in [0, 0.05) is 30.2 Å². The Bertz CT molecular complexity index is 1320. The summed E-state index contributed by atoms with van der Waals surface area (Å²) in [7, 11) is 0. The highest BCUT2D eigenvalue weighted by Gasteiger charge is 2.18. The summed E-state index contributed by atoms with van der Waals surface area (Å²) < 4.78 is 39.1. The van der Waals surface area contributed by atoms with Crippen molar-refractivity contribution >= 4 is 23.9 Å². The number of likely N-dealkylation sites (tertiary alicyclic amines) is 1. The molecule has 0 atom stereocenters. The van der Waals surface area contributed by atoms with Crippen LogP contribution in [0.15, 0.2) is 51.6 Å². The van der Waals surface area contributed by atoms with Crippen LogP contribution >= 0.6 is 0 Å². The van der Waals surface area contributed by atoms with Crippen molar-refractivity contribution in [3.8, 4) is 0 Å². The maximum atomic E-state index is 12.2. The van der Waals surface area contributed by atoms with Crippen LogP contribution in [0.2, 0.25) is 0 Å². The second kappa shape index (κ2) is 16.7. The molecule has 15 heteroatoms. The Labute approximate surface area is 245 Å². The molecule has 0 saturated carbocycles. The normalized spacial score (nSPS) is 13.9. The third-order valence-electron chi connectivity index (χ3n) is 6.30. The van der Waals surface area contributed by atoms with E-state index >= 15 is 0 Å². The first kappa shape index (κ1) is 32.8. The van der Waals surface area contributed by atoms with Gasteiger partial charge in [0.2, 0.25) is 0 Å². The number of rotatable bonds is 15. The van der Waals surface area contributed by atoms with Crippen molar-refractivity contribution in [3.63, 3.8) is 0 Å². The van der Waals surface area contributed by atoms with Crippen molar-refractivity contribution < 1.29 is 55.8 Å². The van der Waals surface area contributed by atoms with Gasteiger partial charge in [0.15, 0.2) is 36.3 Å². The topological polar surface area (TPSA) is 195 Å². The predicted octanol–water partition coefficient (Wildman–Crippen LogP) is 1.87. The first-order chi connectivity index (χ1) is 20.6. The first-order valence-electron chi connectivity index (χ1n) is 13.5. The van der Waals surface area contributed by atoms with Crippen molar-refractivity contribution in [2.45, 2.75) is 52.7 Å². The van der Waals surface area contributed by atoms with E-state index in [-0.39, 0.29) is 55.4 Å². The molecule has 0 aliphatic carbocycles. The summed E-state index contributed by atoms with van der Waals surface area (Å²) >= 11 is 0. The lowest BCUT2D eigenvalue weighted by Gasteiger charge is -2.28. The third kappa shape index (κ3) is 12.0. The number of ether oxygens (including phenoxy) is 4. The third-order valence-corrected chi connectivity index (χ3v) is 6.30. The molecule has 3 rings (SSSR count). The standard InChI is InChI=1S/C28H33NO14/c1-18-21(42-27(34)40-18)16-38-25(32)8-6-23(30)36-14-20(10-13-29-11-4-3-5-12-29)15-37-24(31)7-9-26(33)39-17-22-19(2)41-28(35)43-22/h6-9,20H,3-5,10-17H2,1-2H3/b8-6+,9-7+. The fourth-order valence-corrected chi connectivity index (χ4v) is 3.91. The molecule has 2 aromatic heterocycles. The van der Waals surface area contributed by atoms with Gasteiger partial charge in [-0.3, -0.25) is 0 Å². The maximum Gasteiger partial charge on any atom is 0.519 e. The number of piperidine rings is 1. The van der Waals surface area contributed by atoms with Crippen LogP contribution in [-0.2, 0) is 51.3 Å². The highest BCUT2D eigenvalue weighted by atomic mass is 16.6. The minimum Gasteiger partial charge on any atom is -0.462 e. The number of esters is 4. The molecule has 0 bridgehead atoms. The van der Waals surface area contributed by atoms with Crippen LogP contribution < -0.4 is 11.6 Å². The highest BCUT2D eigenvalue weighted by Crippen LogP contribution is 2.13. The van der Waals surface area contributed by atoms with Crippen molar-refractivity contribution in [3.05, 3.63) is 68.6 Å². The van der Waals surface area contributed by atoms with Gasteiger partial charge >= 0.3 is 35.5 Å². The zero-order chi connectivity index (χ0) is 31.2. The Morgan fingerprint density at radius 1 is 0.674 bits per heavy atom. The summed E-state index contributed by atoms with van der Waals surface area (Å²) in [5, 5.41) is 0. The number of hydrogen-bond donors (Lipinski definition) is 0. The molecule has 1 saturated heterocycles. The van der Waals surface area contributed by atoms with Gasteiger partial charge in [0.1, 0.15) is 0 Å². The van der Waals surface area contributed by atoms with Crippen LogP contribution in [0.4, 0.5) is 0 Å². The van der Waals surface area contributed by atoms with Crippen LogP contribution in [-0.4, -0.2) is 61.6 Å². The van der Waals surface area contributed by atoms with Gasteiger partial charge < -0.3 is 41.5 Å². The quantitative estimate of drug-likeness (QED) is 0.162. The second-order valence-electron chi connectivity index (χ2n) is 9.57. The van der Waals surface area contributed by atoms with Crippen molar-refractivity contribution in [1.82, 2.24) is 4.90 Å². The zero-order valence-corrected chi connectivity index (χ0v) is 23.8. The molecule has 0 radical (unpaired) electrons. The van der Waals surface area contributed by atoms with E-state index in [1.54, 1.807) is 0 Å². The van der Waals surface area contributed by atoms with E-state index < -0.39 is 35.5 Å². The average molecular weight is 608 g/mol. The first-order valence-corrected chi connectivity index (χ1v) is 13.5. The summed E-state index contributed by atoms with van der Waals surface area (Å²) in [5.74, 6) is -5.14. The molecule has 1 aliphatic rings. The number of carbonyl (C=O) groups is 4. The van der Waals surface area contributed by atoms with E-state index in [2.05, 4.69) is 13.7 Å². The number of aryl methyl sites for hydroxylation is 2. The Morgan fingerprint density at radius 3 is 1.49 bits per heavy atom. The summed E-state index contributed by atoms with van der Waals surface area (Å²) in [6, 6.07) is 0. The fraction of sp³-hybridized carbons (Fsp3) is 0.500. The van der Waals surface area contributed by atoms with Gasteiger partial charge in [-0.2, -0.15) is 0 Å².